The summed E-state index contributed by atoms with van der Waals surface area (Å²) in [5.41, 5.74) is 0. The molecular weight excluding hydrogens is 126 g/mol. The van der Waals surface area contributed by atoms with Crippen molar-refractivity contribution in [1.82, 2.24) is 5.06 Å². The molecule has 0 aromatic rings. The lowest BCUT2D eigenvalue weighted by Gasteiger charge is -2.27. The summed E-state index contributed by atoms with van der Waals surface area (Å²) < 4.78 is 0. The second-order valence-corrected chi connectivity index (χ2v) is 2.68. The molecule has 0 aromatic carbocycles. The van der Waals surface area contributed by atoms with Gasteiger partial charge in [-0.05, 0) is 18.8 Å². The number of hydrogen-bond donors (Lipinski definition) is 0. The van der Waals surface area contributed by atoms with Crippen molar-refractivity contribution in [2.75, 3.05) is 20.2 Å². The van der Waals surface area contributed by atoms with Crippen molar-refractivity contribution in [2.45, 2.75) is 12.8 Å². The molecule has 1 aliphatic heterocycles. The Balaban J connectivity index is 2.23. The quantitative estimate of drug-likeness (QED) is 0.540. The van der Waals surface area contributed by atoms with Crippen molar-refractivity contribution in [3.05, 3.63) is 12.7 Å². The number of piperidine rings is 1. The van der Waals surface area contributed by atoms with Crippen molar-refractivity contribution in [3.63, 3.8) is 0 Å². The number of allylic oxidation sites excluding steroid dienone is 1. The first-order chi connectivity index (χ1) is 4.86. The summed E-state index contributed by atoms with van der Waals surface area (Å²) in [4.78, 5) is 5.08. The molecule has 0 aliphatic carbocycles. The van der Waals surface area contributed by atoms with Gasteiger partial charge < -0.3 is 4.84 Å². The highest BCUT2D eigenvalue weighted by atomic mass is 16.7. The molecule has 0 bridgehead atoms. The molecule has 1 fully saturated rings. The van der Waals surface area contributed by atoms with Crippen LogP contribution in [0.1, 0.15) is 12.8 Å². The predicted molar refractivity (Wildman–Crippen MR) is 41.5 cm³/mol. The highest BCUT2D eigenvalue weighted by Crippen LogP contribution is 2.16. The fourth-order valence-electron chi connectivity index (χ4n) is 1.29. The average Bonchev–Trinajstić information content (AvgIpc) is 2.05. The normalized spacial score (nSPS) is 22.9. The minimum Gasteiger partial charge on any atom is -0.302 e. The molecule has 58 valence electrons. The summed E-state index contributed by atoms with van der Waals surface area (Å²) in [7, 11) is 1.73. The van der Waals surface area contributed by atoms with Gasteiger partial charge in [0.2, 0.25) is 0 Å². The van der Waals surface area contributed by atoms with Crippen molar-refractivity contribution in [3.8, 4) is 0 Å². The van der Waals surface area contributed by atoms with E-state index >= 15 is 0 Å². The van der Waals surface area contributed by atoms with Crippen LogP contribution in [0.15, 0.2) is 12.7 Å². The van der Waals surface area contributed by atoms with Crippen LogP contribution in [0, 0.1) is 5.92 Å². The Hall–Kier alpha value is -0.340. The van der Waals surface area contributed by atoms with Crippen molar-refractivity contribution in [1.29, 1.82) is 0 Å². The average molecular weight is 141 g/mol. The molecule has 1 rings (SSSR count). The highest BCUT2D eigenvalue weighted by Gasteiger charge is 2.15. The molecule has 1 heterocycles. The van der Waals surface area contributed by atoms with Gasteiger partial charge in [-0.25, -0.2) is 0 Å². The Morgan fingerprint density at radius 3 is 2.50 bits per heavy atom. The first kappa shape index (κ1) is 7.76. The Morgan fingerprint density at radius 2 is 2.10 bits per heavy atom. The van der Waals surface area contributed by atoms with E-state index in [0.29, 0.717) is 5.92 Å². The van der Waals surface area contributed by atoms with Crippen LogP contribution in [0.25, 0.3) is 0 Å². The van der Waals surface area contributed by atoms with E-state index in [9.17, 15) is 0 Å². The molecule has 1 aliphatic rings. The van der Waals surface area contributed by atoms with Crippen LogP contribution < -0.4 is 0 Å². The number of hydrogen-bond acceptors (Lipinski definition) is 2. The summed E-state index contributed by atoms with van der Waals surface area (Å²) in [6.45, 7) is 5.87. The molecule has 1 saturated heterocycles. The Kier molecular flexibility index (Phi) is 2.90. The van der Waals surface area contributed by atoms with E-state index in [-0.39, 0.29) is 0 Å². The highest BCUT2D eigenvalue weighted by molar-refractivity contribution is 4.82. The molecule has 0 N–H and O–H groups in total. The zero-order valence-electron chi connectivity index (χ0n) is 6.55. The van der Waals surface area contributed by atoms with E-state index in [1.807, 2.05) is 11.1 Å². The van der Waals surface area contributed by atoms with Crippen molar-refractivity contribution >= 4 is 0 Å². The van der Waals surface area contributed by atoms with Crippen molar-refractivity contribution in [2.24, 2.45) is 5.92 Å². The van der Waals surface area contributed by atoms with Crippen LogP contribution in [-0.4, -0.2) is 25.3 Å². The number of rotatable bonds is 2. The van der Waals surface area contributed by atoms with Gasteiger partial charge in [-0.1, -0.05) is 6.08 Å². The molecule has 0 aromatic heterocycles. The largest absolute Gasteiger partial charge is 0.302 e. The molecule has 10 heavy (non-hydrogen) atoms. The Labute approximate surface area is 62.4 Å². The summed E-state index contributed by atoms with van der Waals surface area (Å²) in [5, 5.41) is 2.00. The van der Waals surface area contributed by atoms with E-state index in [0.717, 1.165) is 13.1 Å². The van der Waals surface area contributed by atoms with Crippen LogP contribution in [0.3, 0.4) is 0 Å². The number of hydroxylamine groups is 2. The standard InChI is InChI=1S/C8H15NO/c1-3-8-4-6-9(10-2)7-5-8/h3,8H,1,4-7H2,2H3. The van der Waals surface area contributed by atoms with E-state index in [4.69, 9.17) is 4.84 Å². The topological polar surface area (TPSA) is 12.5 Å². The third-order valence-corrected chi connectivity index (χ3v) is 2.09. The maximum Gasteiger partial charge on any atom is 0.0575 e. The second kappa shape index (κ2) is 3.74. The van der Waals surface area contributed by atoms with Gasteiger partial charge in [0.1, 0.15) is 0 Å². The Morgan fingerprint density at radius 1 is 1.50 bits per heavy atom. The minimum absolute atomic E-state index is 0.714. The first-order valence-electron chi connectivity index (χ1n) is 3.78. The van der Waals surface area contributed by atoms with Gasteiger partial charge in [-0.15, -0.1) is 6.58 Å². The van der Waals surface area contributed by atoms with Gasteiger partial charge in [0.25, 0.3) is 0 Å². The number of nitrogens with zero attached hydrogens (tertiary/aromatic N) is 1. The molecule has 0 spiro atoms. The van der Waals surface area contributed by atoms with Gasteiger partial charge in [-0.3, -0.25) is 0 Å². The maximum atomic E-state index is 5.08. The second-order valence-electron chi connectivity index (χ2n) is 2.68. The lowest BCUT2D eigenvalue weighted by Crippen LogP contribution is -2.31. The summed E-state index contributed by atoms with van der Waals surface area (Å²) in [6.07, 6.45) is 4.43. The zero-order chi connectivity index (χ0) is 7.40. The molecular formula is C8H15NO. The third kappa shape index (κ3) is 1.82. The fourth-order valence-corrected chi connectivity index (χ4v) is 1.29. The van der Waals surface area contributed by atoms with E-state index in [1.54, 1.807) is 7.11 Å². The molecule has 0 saturated carbocycles. The molecule has 0 unspecified atom stereocenters. The predicted octanol–water partition coefficient (Wildman–Crippen LogP) is 1.45. The molecule has 2 nitrogen and oxygen atoms in total. The summed E-state index contributed by atoms with van der Waals surface area (Å²) >= 11 is 0. The molecule has 2 heteroatoms. The fraction of sp³-hybridized carbons (Fsp3) is 0.750. The van der Waals surface area contributed by atoms with Gasteiger partial charge in [0.15, 0.2) is 0 Å². The lowest BCUT2D eigenvalue weighted by atomic mass is 9.98. The Bertz CT molecular complexity index is 106. The van der Waals surface area contributed by atoms with Crippen LogP contribution in [0.2, 0.25) is 0 Å². The van der Waals surface area contributed by atoms with E-state index < -0.39 is 0 Å². The van der Waals surface area contributed by atoms with Crippen molar-refractivity contribution < 1.29 is 4.84 Å². The van der Waals surface area contributed by atoms with Gasteiger partial charge in [0, 0.05) is 13.1 Å². The van der Waals surface area contributed by atoms with Crippen LogP contribution in [-0.2, 0) is 4.84 Å². The zero-order valence-corrected chi connectivity index (χ0v) is 6.55. The minimum atomic E-state index is 0.714. The SMILES string of the molecule is C=CC1CCN(OC)CC1. The van der Waals surface area contributed by atoms with E-state index in [1.165, 1.54) is 12.8 Å². The summed E-state index contributed by atoms with van der Waals surface area (Å²) in [5.74, 6) is 0.714. The summed E-state index contributed by atoms with van der Waals surface area (Å²) in [6, 6.07) is 0. The maximum absolute atomic E-state index is 5.08. The van der Waals surface area contributed by atoms with Gasteiger partial charge in [-0.2, -0.15) is 5.06 Å². The van der Waals surface area contributed by atoms with Crippen LogP contribution in [0.5, 0.6) is 0 Å². The lowest BCUT2D eigenvalue weighted by molar-refractivity contribution is -0.145. The molecule has 0 atom stereocenters. The van der Waals surface area contributed by atoms with Crippen LogP contribution in [0.4, 0.5) is 0 Å². The van der Waals surface area contributed by atoms with E-state index in [2.05, 4.69) is 6.58 Å². The van der Waals surface area contributed by atoms with Crippen LogP contribution >= 0.6 is 0 Å². The first-order valence-corrected chi connectivity index (χ1v) is 3.78. The van der Waals surface area contributed by atoms with Gasteiger partial charge >= 0.3 is 0 Å². The molecule has 0 radical (unpaired) electrons. The van der Waals surface area contributed by atoms with Gasteiger partial charge in [0.05, 0.1) is 7.11 Å². The molecule has 0 amide bonds. The third-order valence-electron chi connectivity index (χ3n) is 2.09. The monoisotopic (exact) mass is 141 g/mol. The smallest absolute Gasteiger partial charge is 0.0575 e.